The molecule has 1 atom stereocenters. The molecule has 134 valence electrons. The minimum absolute atomic E-state index is 0.0128. The van der Waals surface area contributed by atoms with Crippen LogP contribution in [0.2, 0.25) is 0 Å². The Kier molecular flexibility index (Phi) is 6.23. The fourth-order valence-electron chi connectivity index (χ4n) is 3.51. The van der Waals surface area contributed by atoms with Gasteiger partial charge in [0.25, 0.3) is 0 Å². The van der Waals surface area contributed by atoms with Crippen molar-refractivity contribution in [2.24, 2.45) is 0 Å². The predicted octanol–water partition coefficient (Wildman–Crippen LogP) is 2.93. The summed E-state index contributed by atoms with van der Waals surface area (Å²) in [4.78, 5) is 14.8. The van der Waals surface area contributed by atoms with Crippen LogP contribution >= 0.6 is 0 Å². The molecule has 1 fully saturated rings. The van der Waals surface area contributed by atoms with Crippen LogP contribution < -0.4 is 5.32 Å². The molecule has 5 nitrogen and oxygen atoms in total. The highest BCUT2D eigenvalue weighted by atomic mass is 16.2. The molecule has 1 saturated heterocycles. The highest BCUT2D eigenvalue weighted by Gasteiger charge is 2.22. The molecular weight excluding hydrogens is 312 g/mol. The van der Waals surface area contributed by atoms with Crippen molar-refractivity contribution in [2.45, 2.75) is 45.2 Å². The molecule has 0 radical (unpaired) electrons. The summed E-state index contributed by atoms with van der Waals surface area (Å²) in [6.07, 6.45) is 8.76. The van der Waals surface area contributed by atoms with Gasteiger partial charge in [-0.1, -0.05) is 43.2 Å². The first-order valence-corrected chi connectivity index (χ1v) is 9.27. The smallest absolute Gasteiger partial charge is 0.241 e. The topological polar surface area (TPSA) is 50.2 Å². The lowest BCUT2D eigenvalue weighted by atomic mass is 10.0. The van der Waals surface area contributed by atoms with Crippen molar-refractivity contribution >= 4 is 5.91 Å². The Balaban J connectivity index is 1.63. The molecular formula is C20H28N4O. The number of nitrogens with one attached hydrogen (secondary N) is 1. The molecule has 0 spiro atoms. The van der Waals surface area contributed by atoms with E-state index in [1.807, 2.05) is 19.2 Å². The summed E-state index contributed by atoms with van der Waals surface area (Å²) in [5.74, 6) is 0.0128. The normalized spacial score (nSPS) is 17.0. The molecule has 1 amide bonds. The quantitative estimate of drug-likeness (QED) is 0.880. The van der Waals surface area contributed by atoms with E-state index in [2.05, 4.69) is 39.6 Å². The molecule has 1 aliphatic heterocycles. The summed E-state index contributed by atoms with van der Waals surface area (Å²) < 4.78 is 1.69. The third kappa shape index (κ3) is 5.16. The van der Waals surface area contributed by atoms with Crippen molar-refractivity contribution in [3.63, 3.8) is 0 Å². The molecule has 1 N–H and O–H groups in total. The standard InChI is InChI=1S/C20H28N4O/c1-17-13-22-24(15-17)16-20(25)21-14-19(18-9-5-4-6-10-18)23-11-7-2-3-8-12-23/h4-6,9-10,13,15,19H,2-3,7-8,11-12,14,16H2,1H3,(H,21,25)/t19-/m0/s1. The van der Waals surface area contributed by atoms with Crippen LogP contribution in [0.25, 0.3) is 0 Å². The van der Waals surface area contributed by atoms with E-state index in [9.17, 15) is 4.79 Å². The average molecular weight is 340 g/mol. The van der Waals surface area contributed by atoms with Gasteiger partial charge in [-0.3, -0.25) is 14.4 Å². The van der Waals surface area contributed by atoms with E-state index in [-0.39, 0.29) is 18.5 Å². The fourth-order valence-corrected chi connectivity index (χ4v) is 3.51. The van der Waals surface area contributed by atoms with E-state index in [1.54, 1.807) is 10.9 Å². The van der Waals surface area contributed by atoms with E-state index < -0.39 is 0 Å². The van der Waals surface area contributed by atoms with Gasteiger partial charge >= 0.3 is 0 Å². The second-order valence-corrected chi connectivity index (χ2v) is 6.90. The van der Waals surface area contributed by atoms with Gasteiger partial charge in [0.05, 0.1) is 12.2 Å². The minimum Gasteiger partial charge on any atom is -0.353 e. The van der Waals surface area contributed by atoms with Crippen LogP contribution in [0.4, 0.5) is 0 Å². The number of carbonyl (C=O) groups is 1. The van der Waals surface area contributed by atoms with Crippen molar-refractivity contribution in [1.29, 1.82) is 0 Å². The minimum atomic E-state index is 0.0128. The number of likely N-dealkylation sites (tertiary alicyclic amines) is 1. The van der Waals surface area contributed by atoms with Gasteiger partial charge in [-0.25, -0.2) is 0 Å². The molecule has 0 aliphatic carbocycles. The number of hydrogen-bond acceptors (Lipinski definition) is 3. The monoisotopic (exact) mass is 340 g/mol. The molecule has 1 aromatic carbocycles. The lowest BCUT2D eigenvalue weighted by Gasteiger charge is -2.31. The van der Waals surface area contributed by atoms with E-state index >= 15 is 0 Å². The Morgan fingerprint density at radius 1 is 1.16 bits per heavy atom. The van der Waals surface area contributed by atoms with Crippen LogP contribution in [0.1, 0.15) is 42.9 Å². The van der Waals surface area contributed by atoms with Gasteiger partial charge in [0, 0.05) is 12.7 Å². The molecule has 1 aliphatic rings. The summed E-state index contributed by atoms with van der Waals surface area (Å²) in [6, 6.07) is 10.8. The first-order chi connectivity index (χ1) is 12.2. The lowest BCUT2D eigenvalue weighted by Crippen LogP contribution is -2.39. The second-order valence-electron chi connectivity index (χ2n) is 6.90. The Morgan fingerprint density at radius 3 is 2.52 bits per heavy atom. The number of amides is 1. The van der Waals surface area contributed by atoms with Crippen molar-refractivity contribution in [3.8, 4) is 0 Å². The van der Waals surface area contributed by atoms with Crippen LogP contribution in [0.5, 0.6) is 0 Å². The molecule has 3 rings (SSSR count). The molecule has 2 heterocycles. The van der Waals surface area contributed by atoms with Crippen molar-refractivity contribution < 1.29 is 4.79 Å². The van der Waals surface area contributed by atoms with Crippen LogP contribution in [-0.2, 0) is 11.3 Å². The van der Waals surface area contributed by atoms with E-state index in [0.29, 0.717) is 6.54 Å². The van der Waals surface area contributed by atoms with Crippen molar-refractivity contribution in [1.82, 2.24) is 20.0 Å². The highest BCUT2D eigenvalue weighted by molar-refractivity contribution is 5.75. The number of rotatable bonds is 6. The number of aromatic nitrogens is 2. The first kappa shape index (κ1) is 17.7. The summed E-state index contributed by atoms with van der Waals surface area (Å²) in [5.41, 5.74) is 2.35. The summed E-state index contributed by atoms with van der Waals surface area (Å²) in [7, 11) is 0. The second kappa shape index (κ2) is 8.81. The number of nitrogens with zero attached hydrogens (tertiary/aromatic N) is 3. The molecule has 25 heavy (non-hydrogen) atoms. The zero-order valence-electron chi connectivity index (χ0n) is 15.0. The number of benzene rings is 1. The van der Waals surface area contributed by atoms with Gasteiger partial charge in [-0.05, 0) is 44.0 Å². The van der Waals surface area contributed by atoms with Gasteiger partial charge in [0.1, 0.15) is 6.54 Å². The lowest BCUT2D eigenvalue weighted by molar-refractivity contribution is -0.122. The van der Waals surface area contributed by atoms with E-state index in [1.165, 1.54) is 31.2 Å². The zero-order valence-corrected chi connectivity index (χ0v) is 15.0. The number of carbonyl (C=O) groups excluding carboxylic acids is 1. The SMILES string of the molecule is Cc1cnn(CC(=O)NC[C@@H](c2ccccc2)N2CCCCCC2)c1. The van der Waals surface area contributed by atoms with Crippen LogP contribution in [0.15, 0.2) is 42.7 Å². The Labute approximate surface area is 150 Å². The van der Waals surface area contributed by atoms with E-state index in [0.717, 1.165) is 18.7 Å². The maximum atomic E-state index is 12.3. The third-order valence-electron chi connectivity index (χ3n) is 4.83. The summed E-state index contributed by atoms with van der Waals surface area (Å²) >= 11 is 0. The third-order valence-corrected chi connectivity index (χ3v) is 4.83. The molecule has 2 aromatic rings. The van der Waals surface area contributed by atoms with Gasteiger partial charge < -0.3 is 5.32 Å². The van der Waals surface area contributed by atoms with Gasteiger partial charge in [-0.15, -0.1) is 0 Å². The zero-order chi connectivity index (χ0) is 17.5. The fraction of sp³-hybridized carbons (Fsp3) is 0.500. The Hall–Kier alpha value is -2.14. The number of hydrogen-bond donors (Lipinski definition) is 1. The molecule has 0 bridgehead atoms. The van der Waals surface area contributed by atoms with Gasteiger partial charge in [0.2, 0.25) is 5.91 Å². The van der Waals surface area contributed by atoms with Crippen molar-refractivity contribution in [3.05, 3.63) is 53.9 Å². The maximum absolute atomic E-state index is 12.3. The summed E-state index contributed by atoms with van der Waals surface area (Å²) in [6.45, 7) is 5.10. The van der Waals surface area contributed by atoms with Crippen molar-refractivity contribution in [2.75, 3.05) is 19.6 Å². The molecule has 0 saturated carbocycles. The van der Waals surface area contributed by atoms with Gasteiger partial charge in [-0.2, -0.15) is 5.10 Å². The Morgan fingerprint density at radius 2 is 1.88 bits per heavy atom. The predicted molar refractivity (Wildman–Crippen MR) is 99.2 cm³/mol. The largest absolute Gasteiger partial charge is 0.353 e. The molecule has 0 unspecified atom stereocenters. The highest BCUT2D eigenvalue weighted by Crippen LogP contribution is 2.23. The molecule has 5 heteroatoms. The molecule has 1 aromatic heterocycles. The average Bonchev–Trinajstić information content (AvgIpc) is 2.86. The number of aryl methyl sites for hydroxylation is 1. The Bertz CT molecular complexity index is 659. The summed E-state index contributed by atoms with van der Waals surface area (Å²) in [5, 5.41) is 7.30. The van der Waals surface area contributed by atoms with Crippen LogP contribution in [0, 0.1) is 6.92 Å². The first-order valence-electron chi connectivity index (χ1n) is 9.27. The van der Waals surface area contributed by atoms with Crippen LogP contribution in [-0.4, -0.2) is 40.2 Å². The maximum Gasteiger partial charge on any atom is 0.241 e. The van der Waals surface area contributed by atoms with Crippen LogP contribution in [0.3, 0.4) is 0 Å². The van der Waals surface area contributed by atoms with Gasteiger partial charge in [0.15, 0.2) is 0 Å². The van der Waals surface area contributed by atoms with E-state index in [4.69, 9.17) is 0 Å².